The van der Waals surface area contributed by atoms with E-state index in [0.29, 0.717) is 18.0 Å². The van der Waals surface area contributed by atoms with Crippen molar-refractivity contribution in [2.45, 2.75) is 36.6 Å². The first-order valence-corrected chi connectivity index (χ1v) is 9.80. The minimum absolute atomic E-state index is 0.00811. The van der Waals surface area contributed by atoms with Gasteiger partial charge in [-0.05, 0) is 25.3 Å². The second kappa shape index (κ2) is 7.19. The maximum absolute atomic E-state index is 12.9. The van der Waals surface area contributed by atoms with Gasteiger partial charge in [0.2, 0.25) is 10.0 Å². The highest BCUT2D eigenvalue weighted by atomic mass is 32.2. The lowest BCUT2D eigenvalue weighted by Crippen LogP contribution is -2.44. The molecule has 0 bridgehead atoms. The number of rotatable bonds is 5. The molecule has 1 aliphatic carbocycles. The van der Waals surface area contributed by atoms with E-state index in [1.165, 1.54) is 19.2 Å². The molecule has 1 saturated carbocycles. The van der Waals surface area contributed by atoms with Crippen molar-refractivity contribution in [2.24, 2.45) is 11.7 Å². The Labute approximate surface area is 147 Å². The summed E-state index contributed by atoms with van der Waals surface area (Å²) in [7, 11) is -2.43. The Morgan fingerprint density at radius 3 is 2.84 bits per heavy atom. The van der Waals surface area contributed by atoms with Crippen molar-refractivity contribution in [3.05, 3.63) is 12.1 Å². The molecule has 2 unspecified atom stereocenters. The summed E-state index contributed by atoms with van der Waals surface area (Å²) in [6.07, 6.45) is 3.72. The summed E-state index contributed by atoms with van der Waals surface area (Å²) in [5.41, 5.74) is 6.18. The van der Waals surface area contributed by atoms with Crippen molar-refractivity contribution >= 4 is 21.6 Å². The number of nitrogens with two attached hydrogens (primary N) is 1. The third kappa shape index (κ3) is 3.73. The summed E-state index contributed by atoms with van der Waals surface area (Å²) < 4.78 is 39.2. The summed E-state index contributed by atoms with van der Waals surface area (Å²) in [5.74, 6) is 0.288. The molecule has 138 valence electrons. The molecule has 4 N–H and O–H groups in total. The fourth-order valence-corrected chi connectivity index (χ4v) is 4.87. The highest BCUT2D eigenvalue weighted by Crippen LogP contribution is 2.37. The van der Waals surface area contributed by atoms with Gasteiger partial charge in [0.15, 0.2) is 6.61 Å². The molecular weight excluding hydrogens is 346 g/mol. The van der Waals surface area contributed by atoms with Gasteiger partial charge in [-0.1, -0.05) is 12.8 Å². The van der Waals surface area contributed by atoms with Gasteiger partial charge in [0.25, 0.3) is 5.91 Å². The lowest BCUT2D eigenvalue weighted by molar-refractivity contribution is -0.118. The van der Waals surface area contributed by atoms with Crippen molar-refractivity contribution in [2.75, 3.05) is 25.6 Å². The minimum atomic E-state index is -3.82. The molecule has 3 rings (SSSR count). The first-order chi connectivity index (χ1) is 11.9. The van der Waals surface area contributed by atoms with E-state index in [9.17, 15) is 13.2 Å². The number of hydrogen-bond donors (Lipinski definition) is 3. The molecule has 1 aromatic carbocycles. The number of carbonyl (C=O) groups excluding carboxylic acids is 1. The van der Waals surface area contributed by atoms with Gasteiger partial charge in [0.05, 0.1) is 12.8 Å². The van der Waals surface area contributed by atoms with Gasteiger partial charge in [-0.2, -0.15) is 0 Å². The number of sulfonamides is 1. The number of amides is 1. The summed E-state index contributed by atoms with van der Waals surface area (Å²) in [4.78, 5) is 11.4. The summed E-state index contributed by atoms with van der Waals surface area (Å²) >= 11 is 0. The SMILES string of the molecule is COc1cc2c(cc1S(=O)(=O)NC1CCCCC1CN)OCC(=O)N2. The van der Waals surface area contributed by atoms with E-state index in [4.69, 9.17) is 15.2 Å². The molecule has 1 heterocycles. The Balaban J connectivity index is 1.92. The molecule has 2 aliphatic rings. The third-order valence-corrected chi connectivity index (χ3v) is 6.22. The molecule has 8 nitrogen and oxygen atoms in total. The van der Waals surface area contributed by atoms with Crippen molar-refractivity contribution in [1.82, 2.24) is 4.72 Å². The van der Waals surface area contributed by atoms with E-state index in [1.807, 2.05) is 0 Å². The van der Waals surface area contributed by atoms with Gasteiger partial charge in [-0.3, -0.25) is 4.79 Å². The molecule has 1 aliphatic heterocycles. The zero-order chi connectivity index (χ0) is 18.0. The summed E-state index contributed by atoms with van der Waals surface area (Å²) in [5, 5.41) is 2.64. The van der Waals surface area contributed by atoms with Crippen molar-refractivity contribution in [1.29, 1.82) is 0 Å². The van der Waals surface area contributed by atoms with Gasteiger partial charge in [0, 0.05) is 18.2 Å². The van der Waals surface area contributed by atoms with Crippen LogP contribution < -0.4 is 25.2 Å². The molecule has 25 heavy (non-hydrogen) atoms. The van der Waals surface area contributed by atoms with E-state index in [-0.39, 0.29) is 35.1 Å². The Hall–Kier alpha value is -1.84. The van der Waals surface area contributed by atoms with Gasteiger partial charge in [-0.15, -0.1) is 0 Å². The summed E-state index contributed by atoms with van der Waals surface area (Å²) in [6.45, 7) is 0.299. The Kier molecular flexibility index (Phi) is 5.16. The van der Waals surface area contributed by atoms with Crippen molar-refractivity contribution in [3.63, 3.8) is 0 Å². The smallest absolute Gasteiger partial charge is 0.262 e. The maximum Gasteiger partial charge on any atom is 0.262 e. The number of carbonyl (C=O) groups is 1. The van der Waals surface area contributed by atoms with Crippen LogP contribution in [0, 0.1) is 5.92 Å². The van der Waals surface area contributed by atoms with Crippen LogP contribution in [-0.2, 0) is 14.8 Å². The molecule has 1 amide bonds. The average molecular weight is 369 g/mol. The molecule has 9 heteroatoms. The first kappa shape index (κ1) is 18.0. The molecule has 0 aromatic heterocycles. The molecule has 1 aromatic rings. The topological polar surface area (TPSA) is 120 Å². The van der Waals surface area contributed by atoms with Crippen LogP contribution in [0.15, 0.2) is 17.0 Å². The van der Waals surface area contributed by atoms with E-state index >= 15 is 0 Å². The van der Waals surface area contributed by atoms with Crippen LogP contribution in [0.2, 0.25) is 0 Å². The standard InChI is InChI=1S/C16H23N3O5S/c1-23-14-6-12-13(24-9-16(20)18-12)7-15(14)25(21,22)19-11-5-3-2-4-10(11)8-17/h6-7,10-11,19H,2-5,8-9,17H2,1H3,(H,18,20). The van der Waals surface area contributed by atoms with Gasteiger partial charge < -0.3 is 20.5 Å². The van der Waals surface area contributed by atoms with E-state index in [1.54, 1.807) is 0 Å². The minimum Gasteiger partial charge on any atom is -0.495 e. The molecule has 2 atom stereocenters. The number of nitrogens with one attached hydrogen (secondary N) is 2. The second-order valence-corrected chi connectivity index (χ2v) is 8.03. The quantitative estimate of drug-likeness (QED) is 0.707. The largest absolute Gasteiger partial charge is 0.495 e. The summed E-state index contributed by atoms with van der Waals surface area (Å²) in [6, 6.07) is 2.66. The van der Waals surface area contributed by atoms with Crippen LogP contribution in [0.25, 0.3) is 0 Å². The predicted octanol–water partition coefficient (Wildman–Crippen LogP) is 0.822. The number of anilines is 1. The number of methoxy groups -OCH3 is 1. The number of benzene rings is 1. The third-order valence-electron chi connectivity index (χ3n) is 4.71. The molecule has 0 spiro atoms. The normalized spacial score (nSPS) is 23.4. The van der Waals surface area contributed by atoms with Crippen molar-refractivity contribution in [3.8, 4) is 11.5 Å². The Morgan fingerprint density at radius 2 is 2.12 bits per heavy atom. The van der Waals surface area contributed by atoms with Crippen LogP contribution >= 0.6 is 0 Å². The highest BCUT2D eigenvalue weighted by Gasteiger charge is 2.31. The fraction of sp³-hybridized carbons (Fsp3) is 0.562. The van der Waals surface area contributed by atoms with Gasteiger partial charge >= 0.3 is 0 Å². The van der Waals surface area contributed by atoms with Crippen LogP contribution in [-0.4, -0.2) is 40.6 Å². The number of hydrogen-bond acceptors (Lipinski definition) is 6. The number of fused-ring (bicyclic) bond motifs is 1. The van der Waals surface area contributed by atoms with Gasteiger partial charge in [-0.25, -0.2) is 13.1 Å². The predicted molar refractivity (Wildman–Crippen MR) is 92.2 cm³/mol. The van der Waals surface area contributed by atoms with E-state index < -0.39 is 10.0 Å². The zero-order valence-electron chi connectivity index (χ0n) is 14.1. The highest BCUT2D eigenvalue weighted by molar-refractivity contribution is 7.89. The Morgan fingerprint density at radius 1 is 1.36 bits per heavy atom. The molecular formula is C16H23N3O5S. The van der Waals surface area contributed by atoms with Crippen LogP contribution in [0.1, 0.15) is 25.7 Å². The fourth-order valence-electron chi connectivity index (χ4n) is 3.37. The molecule has 0 radical (unpaired) electrons. The Bertz CT molecular complexity index is 765. The second-order valence-electron chi connectivity index (χ2n) is 6.34. The van der Waals surface area contributed by atoms with Crippen LogP contribution in [0.3, 0.4) is 0 Å². The zero-order valence-corrected chi connectivity index (χ0v) is 14.9. The monoisotopic (exact) mass is 369 g/mol. The lowest BCUT2D eigenvalue weighted by Gasteiger charge is -2.31. The molecule has 0 saturated heterocycles. The van der Waals surface area contributed by atoms with E-state index in [0.717, 1.165) is 25.7 Å². The van der Waals surface area contributed by atoms with Crippen LogP contribution in [0.5, 0.6) is 11.5 Å². The van der Waals surface area contributed by atoms with Gasteiger partial charge in [0.1, 0.15) is 16.4 Å². The van der Waals surface area contributed by atoms with Crippen LogP contribution in [0.4, 0.5) is 5.69 Å². The maximum atomic E-state index is 12.9. The lowest BCUT2D eigenvalue weighted by atomic mass is 9.85. The van der Waals surface area contributed by atoms with E-state index in [2.05, 4.69) is 10.0 Å². The van der Waals surface area contributed by atoms with Crippen molar-refractivity contribution < 1.29 is 22.7 Å². The number of ether oxygens (including phenoxy) is 2. The average Bonchev–Trinajstić information content (AvgIpc) is 2.60. The molecule has 1 fully saturated rings. The first-order valence-electron chi connectivity index (χ1n) is 8.31.